The lowest BCUT2D eigenvalue weighted by molar-refractivity contribution is 0.111. The fraction of sp³-hybridized carbons (Fsp3) is 0.222. The zero-order valence-corrected chi connectivity index (χ0v) is 7.21. The maximum atomic E-state index is 13.3. The minimum atomic E-state index is -0.697. The molecule has 13 heavy (non-hydrogen) atoms. The molecule has 0 aliphatic carbocycles. The van der Waals surface area contributed by atoms with Crippen LogP contribution in [0.15, 0.2) is 12.1 Å². The molecule has 1 aromatic carbocycles. The third-order valence-electron chi connectivity index (χ3n) is 1.60. The zero-order chi connectivity index (χ0) is 9.84. The van der Waals surface area contributed by atoms with Gasteiger partial charge in [0.25, 0.3) is 0 Å². The number of hydrogen-bond acceptors (Lipinski definition) is 3. The van der Waals surface area contributed by atoms with E-state index in [9.17, 15) is 9.18 Å². The van der Waals surface area contributed by atoms with Gasteiger partial charge in [0.1, 0.15) is 0 Å². The smallest absolute Gasteiger partial charge is 0.177 e. The van der Waals surface area contributed by atoms with E-state index in [1.165, 1.54) is 12.1 Å². The molecule has 0 unspecified atom stereocenters. The van der Waals surface area contributed by atoms with Crippen molar-refractivity contribution in [1.29, 1.82) is 0 Å². The van der Waals surface area contributed by atoms with Crippen LogP contribution in [0.3, 0.4) is 0 Å². The standard InChI is InChI=1S/C9H10FNO2/c1-2-13-8-4-3-7(11)6(5-12)9(8)10/h3-5H,2,11H2,1H3. The van der Waals surface area contributed by atoms with E-state index in [-0.39, 0.29) is 17.0 Å². The highest BCUT2D eigenvalue weighted by Gasteiger charge is 2.11. The first-order valence-corrected chi connectivity index (χ1v) is 3.86. The van der Waals surface area contributed by atoms with Crippen molar-refractivity contribution >= 4 is 12.0 Å². The molecule has 0 saturated heterocycles. The number of nitrogens with two attached hydrogens (primary N) is 1. The number of anilines is 1. The molecule has 0 amide bonds. The molecule has 70 valence electrons. The molecule has 1 aromatic rings. The van der Waals surface area contributed by atoms with Crippen LogP contribution in [-0.2, 0) is 0 Å². The van der Waals surface area contributed by atoms with Gasteiger partial charge in [-0.2, -0.15) is 0 Å². The number of carbonyl (C=O) groups is 1. The Hall–Kier alpha value is -1.58. The highest BCUT2D eigenvalue weighted by molar-refractivity contribution is 5.84. The number of rotatable bonds is 3. The second kappa shape index (κ2) is 3.89. The van der Waals surface area contributed by atoms with E-state index in [0.717, 1.165) is 0 Å². The molecule has 0 spiro atoms. The largest absolute Gasteiger partial charge is 0.491 e. The van der Waals surface area contributed by atoms with Gasteiger partial charge in [0.2, 0.25) is 0 Å². The Labute approximate surface area is 75.3 Å². The molecule has 0 radical (unpaired) electrons. The number of ether oxygens (including phenoxy) is 1. The number of carbonyl (C=O) groups excluding carboxylic acids is 1. The summed E-state index contributed by atoms with van der Waals surface area (Å²) in [4.78, 5) is 10.4. The first kappa shape index (κ1) is 9.51. The molecule has 0 atom stereocenters. The maximum Gasteiger partial charge on any atom is 0.177 e. The van der Waals surface area contributed by atoms with Crippen LogP contribution >= 0.6 is 0 Å². The lowest BCUT2D eigenvalue weighted by Gasteiger charge is -2.07. The van der Waals surface area contributed by atoms with Gasteiger partial charge in [-0.25, -0.2) is 4.39 Å². The third-order valence-corrected chi connectivity index (χ3v) is 1.60. The van der Waals surface area contributed by atoms with E-state index in [1.54, 1.807) is 6.92 Å². The van der Waals surface area contributed by atoms with Crippen molar-refractivity contribution in [2.24, 2.45) is 0 Å². The van der Waals surface area contributed by atoms with Crippen molar-refractivity contribution in [3.05, 3.63) is 23.5 Å². The van der Waals surface area contributed by atoms with E-state index >= 15 is 0 Å². The monoisotopic (exact) mass is 183 g/mol. The fourth-order valence-electron chi connectivity index (χ4n) is 0.975. The predicted molar refractivity (Wildman–Crippen MR) is 47.4 cm³/mol. The molecule has 0 bridgehead atoms. The third kappa shape index (κ3) is 1.77. The molecule has 3 nitrogen and oxygen atoms in total. The van der Waals surface area contributed by atoms with E-state index in [0.29, 0.717) is 12.9 Å². The van der Waals surface area contributed by atoms with Gasteiger partial charge < -0.3 is 10.5 Å². The maximum absolute atomic E-state index is 13.3. The topological polar surface area (TPSA) is 52.3 Å². The Morgan fingerprint density at radius 2 is 2.31 bits per heavy atom. The molecule has 4 heteroatoms. The van der Waals surface area contributed by atoms with E-state index in [2.05, 4.69) is 0 Å². The van der Waals surface area contributed by atoms with Crippen LogP contribution in [0.5, 0.6) is 5.75 Å². The molecule has 0 aromatic heterocycles. The Kier molecular flexibility index (Phi) is 2.84. The highest BCUT2D eigenvalue weighted by Crippen LogP contribution is 2.23. The fourth-order valence-corrected chi connectivity index (χ4v) is 0.975. The second-order valence-electron chi connectivity index (χ2n) is 2.43. The second-order valence-corrected chi connectivity index (χ2v) is 2.43. The van der Waals surface area contributed by atoms with Crippen LogP contribution in [0, 0.1) is 5.82 Å². The first-order valence-electron chi connectivity index (χ1n) is 3.86. The van der Waals surface area contributed by atoms with Gasteiger partial charge >= 0.3 is 0 Å². The van der Waals surface area contributed by atoms with Gasteiger partial charge in [0.15, 0.2) is 17.9 Å². The van der Waals surface area contributed by atoms with Crippen molar-refractivity contribution in [1.82, 2.24) is 0 Å². The minimum Gasteiger partial charge on any atom is -0.491 e. The molecular formula is C9H10FNO2. The number of aldehydes is 1. The molecule has 1 rings (SSSR count). The Balaban J connectivity index is 3.19. The van der Waals surface area contributed by atoms with Gasteiger partial charge in [-0.15, -0.1) is 0 Å². The highest BCUT2D eigenvalue weighted by atomic mass is 19.1. The number of nitrogen functional groups attached to an aromatic ring is 1. The predicted octanol–water partition coefficient (Wildman–Crippen LogP) is 1.62. The van der Waals surface area contributed by atoms with Gasteiger partial charge in [0.05, 0.1) is 12.2 Å². The van der Waals surface area contributed by atoms with Crippen LogP contribution in [0.1, 0.15) is 17.3 Å². The summed E-state index contributed by atoms with van der Waals surface area (Å²) in [7, 11) is 0. The Morgan fingerprint density at radius 1 is 1.62 bits per heavy atom. The summed E-state index contributed by atoms with van der Waals surface area (Å²) >= 11 is 0. The summed E-state index contributed by atoms with van der Waals surface area (Å²) in [5.41, 5.74) is 5.34. The average molecular weight is 183 g/mol. The SMILES string of the molecule is CCOc1ccc(N)c(C=O)c1F. The van der Waals surface area contributed by atoms with Crippen LogP contribution < -0.4 is 10.5 Å². The van der Waals surface area contributed by atoms with Gasteiger partial charge in [-0.05, 0) is 19.1 Å². The average Bonchev–Trinajstić information content (AvgIpc) is 2.11. The molecule has 2 N–H and O–H groups in total. The first-order chi connectivity index (χ1) is 6.20. The van der Waals surface area contributed by atoms with Crippen molar-refractivity contribution < 1.29 is 13.9 Å². The minimum absolute atomic E-state index is 0.0544. The zero-order valence-electron chi connectivity index (χ0n) is 7.21. The normalized spacial score (nSPS) is 9.69. The molecule has 0 aliphatic heterocycles. The van der Waals surface area contributed by atoms with Gasteiger partial charge in [-0.1, -0.05) is 0 Å². The van der Waals surface area contributed by atoms with Crippen molar-refractivity contribution in [2.75, 3.05) is 12.3 Å². The molecule has 0 saturated carbocycles. The van der Waals surface area contributed by atoms with Crippen molar-refractivity contribution in [3.63, 3.8) is 0 Å². The number of benzene rings is 1. The Bertz CT molecular complexity index is 326. The van der Waals surface area contributed by atoms with Crippen molar-refractivity contribution in [2.45, 2.75) is 6.92 Å². The van der Waals surface area contributed by atoms with E-state index < -0.39 is 5.82 Å². The van der Waals surface area contributed by atoms with Crippen LogP contribution in [0.4, 0.5) is 10.1 Å². The summed E-state index contributed by atoms with van der Waals surface area (Å²) in [6, 6.07) is 2.85. The lowest BCUT2D eigenvalue weighted by Crippen LogP contribution is -2.01. The van der Waals surface area contributed by atoms with E-state index in [4.69, 9.17) is 10.5 Å². The molecule has 0 aliphatic rings. The molecule has 0 fully saturated rings. The van der Waals surface area contributed by atoms with Gasteiger partial charge in [0, 0.05) is 5.69 Å². The summed E-state index contributed by atoms with van der Waals surface area (Å²) in [6.45, 7) is 2.08. The van der Waals surface area contributed by atoms with E-state index in [1.807, 2.05) is 0 Å². The summed E-state index contributed by atoms with van der Waals surface area (Å²) in [6.07, 6.45) is 0.382. The van der Waals surface area contributed by atoms with Crippen LogP contribution in [0.2, 0.25) is 0 Å². The quantitative estimate of drug-likeness (QED) is 0.572. The summed E-state index contributed by atoms with van der Waals surface area (Å²) in [5.74, 6) is -0.643. The lowest BCUT2D eigenvalue weighted by atomic mass is 10.2. The van der Waals surface area contributed by atoms with Gasteiger partial charge in [-0.3, -0.25) is 4.79 Å². The number of hydrogen-bond donors (Lipinski definition) is 1. The van der Waals surface area contributed by atoms with Crippen LogP contribution in [-0.4, -0.2) is 12.9 Å². The van der Waals surface area contributed by atoms with Crippen LogP contribution in [0.25, 0.3) is 0 Å². The number of halogens is 1. The molecular weight excluding hydrogens is 173 g/mol. The Morgan fingerprint density at radius 3 is 2.85 bits per heavy atom. The summed E-state index contributed by atoms with van der Waals surface area (Å²) in [5, 5.41) is 0. The summed E-state index contributed by atoms with van der Waals surface area (Å²) < 4.78 is 18.2. The van der Waals surface area contributed by atoms with Crippen molar-refractivity contribution in [3.8, 4) is 5.75 Å². The molecule has 0 heterocycles.